The minimum atomic E-state index is -4.19. The fraction of sp³-hybridized carbons (Fsp3) is 0.222. The average molecular weight is 522 g/mol. The smallest absolute Gasteiger partial charge is 0.323 e. The largest absolute Gasteiger partial charge is 0.493 e. The number of carbonyl (C=O) groups is 2. The number of anilines is 1. The number of hydrogen-bond acceptors (Lipinski definition) is 7. The lowest BCUT2D eigenvalue weighted by atomic mass is 9.97. The number of benzene rings is 3. The summed E-state index contributed by atoms with van der Waals surface area (Å²) in [6.07, 6.45) is -0.0535. The molecule has 0 aliphatic carbocycles. The predicted octanol–water partition coefficient (Wildman–Crippen LogP) is 3.64. The number of para-hydroxylation sites is 1. The molecule has 0 saturated heterocycles. The van der Waals surface area contributed by atoms with Crippen molar-refractivity contribution in [1.29, 1.82) is 5.26 Å². The second-order valence-corrected chi connectivity index (χ2v) is 9.70. The Morgan fingerprint density at radius 1 is 1.05 bits per heavy atom. The van der Waals surface area contributed by atoms with Gasteiger partial charge in [-0.15, -0.1) is 0 Å². The number of esters is 1. The van der Waals surface area contributed by atoms with Crippen molar-refractivity contribution >= 4 is 27.6 Å². The van der Waals surface area contributed by atoms with Gasteiger partial charge in [0.1, 0.15) is 10.9 Å². The van der Waals surface area contributed by atoms with Gasteiger partial charge in [-0.05, 0) is 48.7 Å². The Balaban J connectivity index is 1.80. The van der Waals surface area contributed by atoms with Crippen LogP contribution in [0.1, 0.15) is 25.0 Å². The van der Waals surface area contributed by atoms with E-state index in [1.54, 1.807) is 25.1 Å². The third-order valence-electron chi connectivity index (χ3n) is 5.37. The molecule has 0 aliphatic heterocycles. The maximum Gasteiger partial charge on any atom is 0.323 e. The topological polar surface area (TPSA) is 135 Å². The summed E-state index contributed by atoms with van der Waals surface area (Å²) in [6, 6.07) is 20.0. The molecule has 0 aromatic heterocycles. The fourth-order valence-electron chi connectivity index (χ4n) is 3.69. The molecule has 10 heteroatoms. The SMILES string of the molecule is CCOC(=O)[C@H](C)NS(=O)(=O)c1cccc(NC(=O)Cc2ccc(-c3ccccc3)c(C#N)c2)c1OC. The van der Waals surface area contributed by atoms with Gasteiger partial charge in [0, 0.05) is 0 Å². The molecule has 0 radical (unpaired) electrons. The molecule has 1 atom stereocenters. The van der Waals surface area contributed by atoms with Crippen LogP contribution in [-0.2, 0) is 30.8 Å². The van der Waals surface area contributed by atoms with Crippen LogP contribution in [0.3, 0.4) is 0 Å². The number of amides is 1. The van der Waals surface area contributed by atoms with Gasteiger partial charge in [-0.25, -0.2) is 8.42 Å². The van der Waals surface area contributed by atoms with Gasteiger partial charge in [0.2, 0.25) is 15.9 Å². The molecule has 1 amide bonds. The summed E-state index contributed by atoms with van der Waals surface area (Å²) >= 11 is 0. The number of nitriles is 1. The second kappa shape index (κ2) is 12.2. The molecule has 0 fully saturated rings. The minimum absolute atomic E-state index is 0.0535. The van der Waals surface area contributed by atoms with Crippen LogP contribution in [0, 0.1) is 11.3 Å². The molecule has 3 rings (SSSR count). The predicted molar refractivity (Wildman–Crippen MR) is 138 cm³/mol. The molecule has 9 nitrogen and oxygen atoms in total. The first-order valence-corrected chi connectivity index (χ1v) is 12.9. The highest BCUT2D eigenvalue weighted by Crippen LogP contribution is 2.32. The van der Waals surface area contributed by atoms with Crippen molar-refractivity contribution in [1.82, 2.24) is 4.72 Å². The van der Waals surface area contributed by atoms with Gasteiger partial charge in [0.25, 0.3) is 0 Å². The molecular formula is C27H27N3O6S. The summed E-state index contributed by atoms with van der Waals surface area (Å²) in [4.78, 5) is 24.5. The lowest BCUT2D eigenvalue weighted by Gasteiger charge is -2.17. The highest BCUT2D eigenvalue weighted by molar-refractivity contribution is 7.89. The Kier molecular flexibility index (Phi) is 9.00. The van der Waals surface area contributed by atoms with Gasteiger partial charge in [-0.3, -0.25) is 9.59 Å². The van der Waals surface area contributed by atoms with E-state index in [2.05, 4.69) is 16.1 Å². The monoisotopic (exact) mass is 521 g/mol. The molecule has 0 saturated carbocycles. The van der Waals surface area contributed by atoms with E-state index >= 15 is 0 Å². The van der Waals surface area contributed by atoms with Crippen molar-refractivity contribution in [3.05, 3.63) is 77.9 Å². The lowest BCUT2D eigenvalue weighted by molar-refractivity contribution is -0.144. The number of nitrogens with one attached hydrogen (secondary N) is 2. The zero-order valence-corrected chi connectivity index (χ0v) is 21.5. The lowest BCUT2D eigenvalue weighted by Crippen LogP contribution is -2.39. The summed E-state index contributed by atoms with van der Waals surface area (Å²) in [5.41, 5.74) is 2.84. The van der Waals surface area contributed by atoms with Crippen LogP contribution >= 0.6 is 0 Å². The number of sulfonamides is 1. The number of carbonyl (C=O) groups excluding carboxylic acids is 2. The van der Waals surface area contributed by atoms with E-state index in [4.69, 9.17) is 9.47 Å². The molecule has 0 spiro atoms. The Hall–Kier alpha value is -4.20. The number of rotatable bonds is 10. The van der Waals surface area contributed by atoms with Crippen LogP contribution in [0.2, 0.25) is 0 Å². The normalized spacial score (nSPS) is 11.7. The maximum atomic E-state index is 12.9. The van der Waals surface area contributed by atoms with Gasteiger partial charge in [-0.2, -0.15) is 9.98 Å². The molecule has 0 aliphatic rings. The van der Waals surface area contributed by atoms with Crippen LogP contribution in [0.5, 0.6) is 5.75 Å². The van der Waals surface area contributed by atoms with Crippen molar-refractivity contribution in [2.24, 2.45) is 0 Å². The fourth-order valence-corrected chi connectivity index (χ4v) is 5.07. The molecule has 0 unspecified atom stereocenters. The summed E-state index contributed by atoms with van der Waals surface area (Å²) in [7, 11) is -2.91. The first-order chi connectivity index (χ1) is 17.7. The average Bonchev–Trinajstić information content (AvgIpc) is 2.88. The molecular weight excluding hydrogens is 494 g/mol. The van der Waals surface area contributed by atoms with E-state index in [1.165, 1.54) is 32.2 Å². The van der Waals surface area contributed by atoms with Crippen LogP contribution in [0.4, 0.5) is 5.69 Å². The van der Waals surface area contributed by atoms with Crippen LogP contribution in [-0.4, -0.2) is 40.1 Å². The number of hydrogen-bond donors (Lipinski definition) is 2. The summed E-state index contributed by atoms with van der Waals surface area (Å²) in [6.45, 7) is 3.10. The molecule has 0 heterocycles. The van der Waals surface area contributed by atoms with E-state index in [9.17, 15) is 23.3 Å². The number of ether oxygens (including phenoxy) is 2. The molecule has 37 heavy (non-hydrogen) atoms. The molecule has 192 valence electrons. The van der Waals surface area contributed by atoms with Crippen molar-refractivity contribution < 1.29 is 27.5 Å². The summed E-state index contributed by atoms with van der Waals surface area (Å²) < 4.78 is 38.3. The van der Waals surface area contributed by atoms with Gasteiger partial charge in [0.15, 0.2) is 5.75 Å². The number of methoxy groups -OCH3 is 1. The standard InChI is InChI=1S/C27H27N3O6S/c1-4-36-27(32)18(2)30-37(33,34)24-12-8-11-23(26(24)35-3)29-25(31)16-19-13-14-22(21(15-19)17-28)20-9-6-5-7-10-20/h5-15,18,30H,4,16H2,1-3H3,(H,29,31)/t18-/m0/s1. The van der Waals surface area contributed by atoms with Crippen LogP contribution < -0.4 is 14.8 Å². The Morgan fingerprint density at radius 3 is 2.43 bits per heavy atom. The van der Waals surface area contributed by atoms with Crippen LogP contribution in [0.25, 0.3) is 11.1 Å². The van der Waals surface area contributed by atoms with E-state index in [1.807, 2.05) is 30.3 Å². The third kappa shape index (κ3) is 6.73. The van der Waals surface area contributed by atoms with Crippen molar-refractivity contribution in [3.63, 3.8) is 0 Å². The zero-order valence-electron chi connectivity index (χ0n) is 20.6. The first kappa shape index (κ1) is 27.4. The highest BCUT2D eigenvalue weighted by Gasteiger charge is 2.27. The molecule has 3 aromatic rings. The van der Waals surface area contributed by atoms with E-state index in [-0.39, 0.29) is 29.4 Å². The van der Waals surface area contributed by atoms with E-state index in [0.29, 0.717) is 11.1 Å². The van der Waals surface area contributed by atoms with Gasteiger partial charge in [0.05, 0.1) is 37.5 Å². The Labute approximate surface area is 216 Å². The van der Waals surface area contributed by atoms with Gasteiger partial charge >= 0.3 is 5.97 Å². The first-order valence-electron chi connectivity index (χ1n) is 11.4. The maximum absolute atomic E-state index is 12.9. The van der Waals surface area contributed by atoms with Crippen molar-refractivity contribution in [2.75, 3.05) is 19.0 Å². The molecule has 3 aromatic carbocycles. The number of nitrogens with zero attached hydrogens (tertiary/aromatic N) is 1. The quantitative estimate of drug-likeness (QED) is 0.389. The van der Waals surface area contributed by atoms with Gasteiger partial charge in [-0.1, -0.05) is 48.5 Å². The Morgan fingerprint density at radius 2 is 1.78 bits per heavy atom. The zero-order chi connectivity index (χ0) is 27.0. The minimum Gasteiger partial charge on any atom is -0.493 e. The van der Waals surface area contributed by atoms with E-state index in [0.717, 1.165) is 11.1 Å². The van der Waals surface area contributed by atoms with Gasteiger partial charge < -0.3 is 14.8 Å². The van der Waals surface area contributed by atoms with E-state index < -0.39 is 27.9 Å². The summed E-state index contributed by atoms with van der Waals surface area (Å²) in [5.74, 6) is -1.24. The second-order valence-electron chi connectivity index (χ2n) is 8.01. The highest BCUT2D eigenvalue weighted by atomic mass is 32.2. The third-order valence-corrected chi connectivity index (χ3v) is 6.94. The Bertz CT molecular complexity index is 1430. The van der Waals surface area contributed by atoms with Crippen molar-refractivity contribution in [3.8, 4) is 22.9 Å². The van der Waals surface area contributed by atoms with Crippen molar-refractivity contribution in [2.45, 2.75) is 31.2 Å². The van der Waals surface area contributed by atoms with Crippen LogP contribution in [0.15, 0.2) is 71.6 Å². The molecule has 2 N–H and O–H groups in total. The summed E-state index contributed by atoms with van der Waals surface area (Å²) in [5, 5.41) is 12.3. The molecule has 0 bridgehead atoms.